The molecular formula is C16H39N3O5Si3. The highest BCUT2D eigenvalue weighted by molar-refractivity contribution is 6.84. The number of hydrogen-bond donors (Lipinski definition) is 3. The van der Waals surface area contributed by atoms with Crippen molar-refractivity contribution in [3.8, 4) is 0 Å². The molecule has 0 radical (unpaired) electrons. The molecule has 0 spiro atoms. The lowest BCUT2D eigenvalue weighted by Gasteiger charge is -2.39. The molecule has 2 heterocycles. The largest absolute Gasteiger partial charge is 0.483 e. The van der Waals surface area contributed by atoms with Crippen molar-refractivity contribution in [2.75, 3.05) is 19.6 Å². The number of fused-ring (bicyclic) bond motifs is 2. The van der Waals surface area contributed by atoms with Gasteiger partial charge in [-0.3, -0.25) is 0 Å². The summed E-state index contributed by atoms with van der Waals surface area (Å²) in [5.41, 5.74) is 17.3. The maximum absolute atomic E-state index is 6.76. The Bertz CT molecular complexity index is 449. The summed E-state index contributed by atoms with van der Waals surface area (Å²) in [6.45, 7) is 10.2. The van der Waals surface area contributed by atoms with Gasteiger partial charge in [0.15, 0.2) is 0 Å². The molecule has 160 valence electrons. The minimum absolute atomic E-state index is 0.115. The molecule has 0 aromatic carbocycles. The van der Waals surface area contributed by atoms with Crippen LogP contribution in [0.15, 0.2) is 0 Å². The van der Waals surface area contributed by atoms with Gasteiger partial charge in [-0.2, -0.15) is 0 Å². The average molecular weight is 438 g/mol. The molecule has 0 saturated carbocycles. The van der Waals surface area contributed by atoms with Crippen molar-refractivity contribution in [2.24, 2.45) is 17.2 Å². The molecule has 0 aliphatic carbocycles. The van der Waals surface area contributed by atoms with Gasteiger partial charge in [0.25, 0.3) is 0 Å². The summed E-state index contributed by atoms with van der Waals surface area (Å²) in [5, 5.41) is 0. The molecule has 6 atom stereocenters. The standard InChI is InChI=1S/C16H39N3O5Si3/c1-14-16-15(2)21-26(4,12-6-9-18)24-27(22-16,13-7-10-19)23-25(3,20-14)11-5-8-17/h14-16H,5-13,17-19H2,1-4H3/t14-,15+,16?,25-,26+,27?. The Kier molecular flexibility index (Phi) is 8.65. The van der Waals surface area contributed by atoms with Crippen LogP contribution in [0, 0.1) is 0 Å². The smallest absolute Gasteiger partial charge is 0.393 e. The van der Waals surface area contributed by atoms with E-state index in [0.29, 0.717) is 25.7 Å². The van der Waals surface area contributed by atoms with Gasteiger partial charge in [0.2, 0.25) is 0 Å². The molecule has 2 aliphatic heterocycles. The van der Waals surface area contributed by atoms with Gasteiger partial charge in [0, 0.05) is 6.04 Å². The van der Waals surface area contributed by atoms with Crippen LogP contribution in [0.3, 0.4) is 0 Å². The Labute approximate surface area is 167 Å². The van der Waals surface area contributed by atoms with Crippen LogP contribution in [0.25, 0.3) is 0 Å². The highest BCUT2D eigenvalue weighted by Gasteiger charge is 2.60. The van der Waals surface area contributed by atoms with Gasteiger partial charge in [0.05, 0.1) is 18.3 Å². The van der Waals surface area contributed by atoms with Crippen molar-refractivity contribution < 1.29 is 21.5 Å². The topological polar surface area (TPSA) is 124 Å². The monoisotopic (exact) mass is 437 g/mol. The molecule has 0 aromatic rings. The Morgan fingerprint density at radius 2 is 1.07 bits per heavy atom. The number of hydrogen-bond acceptors (Lipinski definition) is 8. The van der Waals surface area contributed by atoms with E-state index in [1.54, 1.807) is 0 Å². The van der Waals surface area contributed by atoms with Crippen LogP contribution in [0.1, 0.15) is 33.1 Å². The maximum Gasteiger partial charge on any atom is 0.483 e. The summed E-state index contributed by atoms with van der Waals surface area (Å²) in [5.74, 6) is 0. The molecule has 11 heteroatoms. The molecule has 8 nitrogen and oxygen atoms in total. The lowest BCUT2D eigenvalue weighted by Crippen LogP contribution is -2.59. The normalized spacial score (nSPS) is 42.6. The highest BCUT2D eigenvalue weighted by Crippen LogP contribution is 2.40. The van der Waals surface area contributed by atoms with Crippen molar-refractivity contribution in [1.82, 2.24) is 0 Å². The molecule has 2 fully saturated rings. The van der Waals surface area contributed by atoms with E-state index in [1.165, 1.54) is 0 Å². The Balaban J connectivity index is 2.39. The van der Waals surface area contributed by atoms with E-state index >= 15 is 0 Å². The summed E-state index contributed by atoms with van der Waals surface area (Å²) in [4.78, 5) is 0. The second-order valence-electron chi connectivity index (χ2n) is 8.06. The van der Waals surface area contributed by atoms with E-state index in [2.05, 4.69) is 26.9 Å². The Morgan fingerprint density at radius 3 is 1.48 bits per heavy atom. The minimum Gasteiger partial charge on any atom is -0.393 e. The first-order valence-corrected chi connectivity index (χ1v) is 17.2. The molecule has 2 aliphatic rings. The predicted octanol–water partition coefficient (Wildman–Crippen LogP) is 1.37. The third-order valence-corrected chi connectivity index (χ3v) is 17.0. The SMILES string of the molecule is C[C@@H]1O[Si@](C)(CCCN)O[Si]2(CCCN)OC1[C@@H](C)O[Si@@](C)(CCCN)O2. The van der Waals surface area contributed by atoms with Crippen LogP contribution in [0.5, 0.6) is 0 Å². The Morgan fingerprint density at radius 1 is 0.667 bits per heavy atom. The van der Waals surface area contributed by atoms with Gasteiger partial charge in [-0.05, 0) is 77.9 Å². The molecule has 0 aromatic heterocycles. The van der Waals surface area contributed by atoms with Crippen LogP contribution >= 0.6 is 0 Å². The van der Waals surface area contributed by atoms with Gasteiger partial charge >= 0.3 is 25.9 Å². The first-order chi connectivity index (χ1) is 12.7. The van der Waals surface area contributed by atoms with Crippen LogP contribution in [0.4, 0.5) is 0 Å². The quantitative estimate of drug-likeness (QED) is 0.462. The zero-order valence-electron chi connectivity index (χ0n) is 17.4. The fourth-order valence-corrected chi connectivity index (χ4v) is 17.6. The van der Waals surface area contributed by atoms with E-state index in [-0.39, 0.29) is 18.3 Å². The second-order valence-corrected chi connectivity index (χ2v) is 17.8. The molecule has 2 saturated heterocycles. The third kappa shape index (κ3) is 6.15. The molecule has 2 unspecified atom stereocenters. The zero-order chi connectivity index (χ0) is 20.1. The van der Waals surface area contributed by atoms with E-state index in [4.69, 9.17) is 38.7 Å². The molecule has 6 N–H and O–H groups in total. The summed E-state index contributed by atoms with van der Waals surface area (Å²) < 4.78 is 33.1. The van der Waals surface area contributed by atoms with Crippen molar-refractivity contribution in [3.63, 3.8) is 0 Å². The van der Waals surface area contributed by atoms with E-state index in [1.807, 2.05) is 0 Å². The summed E-state index contributed by atoms with van der Waals surface area (Å²) >= 11 is 0. The molecule has 2 rings (SSSR count). The fourth-order valence-electron chi connectivity index (χ4n) is 4.02. The van der Waals surface area contributed by atoms with Gasteiger partial charge < -0.3 is 38.7 Å². The first-order valence-electron chi connectivity index (χ1n) is 10.2. The zero-order valence-corrected chi connectivity index (χ0v) is 20.4. The average Bonchev–Trinajstić information content (AvgIpc) is 2.78. The van der Waals surface area contributed by atoms with Crippen LogP contribution in [-0.4, -0.2) is 63.9 Å². The molecule has 27 heavy (non-hydrogen) atoms. The van der Waals surface area contributed by atoms with Gasteiger partial charge in [-0.25, -0.2) is 0 Å². The minimum atomic E-state index is -3.00. The van der Waals surface area contributed by atoms with Crippen LogP contribution in [-0.2, 0) is 21.5 Å². The number of nitrogens with two attached hydrogens (primary N) is 3. The number of rotatable bonds is 9. The van der Waals surface area contributed by atoms with Gasteiger partial charge in [0.1, 0.15) is 0 Å². The van der Waals surface area contributed by atoms with Gasteiger partial charge in [-0.15, -0.1) is 0 Å². The van der Waals surface area contributed by atoms with E-state index in [0.717, 1.165) is 31.4 Å². The fraction of sp³-hybridized carbons (Fsp3) is 1.00. The predicted molar refractivity (Wildman–Crippen MR) is 113 cm³/mol. The molecular weight excluding hydrogens is 398 g/mol. The van der Waals surface area contributed by atoms with Crippen molar-refractivity contribution in [3.05, 3.63) is 0 Å². The Hall–Kier alpha value is 0.331. The summed E-state index contributed by atoms with van der Waals surface area (Å²) in [6, 6.07) is 2.37. The second kappa shape index (κ2) is 9.89. The van der Waals surface area contributed by atoms with Crippen molar-refractivity contribution in [1.29, 1.82) is 0 Å². The summed E-state index contributed by atoms with van der Waals surface area (Å²) in [6.07, 6.45) is 2.11. The van der Waals surface area contributed by atoms with E-state index in [9.17, 15) is 0 Å². The molecule has 2 bridgehead atoms. The van der Waals surface area contributed by atoms with Crippen molar-refractivity contribution >= 4 is 25.9 Å². The first kappa shape index (κ1) is 23.6. The highest BCUT2D eigenvalue weighted by atomic mass is 28.5. The lowest BCUT2D eigenvalue weighted by molar-refractivity contribution is -0.00900. The molecule has 0 amide bonds. The lowest BCUT2D eigenvalue weighted by atomic mass is 10.1. The van der Waals surface area contributed by atoms with Crippen LogP contribution in [0.2, 0.25) is 31.2 Å². The van der Waals surface area contributed by atoms with Crippen LogP contribution < -0.4 is 17.2 Å². The van der Waals surface area contributed by atoms with E-state index < -0.39 is 25.9 Å². The van der Waals surface area contributed by atoms with Gasteiger partial charge in [-0.1, -0.05) is 0 Å². The summed E-state index contributed by atoms with van der Waals surface area (Å²) in [7, 11) is -7.98. The van der Waals surface area contributed by atoms with Crippen molar-refractivity contribution in [2.45, 2.75) is 82.6 Å². The third-order valence-electron chi connectivity index (χ3n) is 5.21. The maximum atomic E-state index is 6.76.